The van der Waals surface area contributed by atoms with Gasteiger partial charge in [-0.15, -0.1) is 69.1 Å². The first-order chi connectivity index (χ1) is 26.9. The minimum Gasteiger partial charge on any atom is -1.00 e. The van der Waals surface area contributed by atoms with Crippen LogP contribution in [0.4, 0.5) is 0 Å². The van der Waals surface area contributed by atoms with Crippen LogP contribution in [-0.2, 0) is 36.2 Å². The Balaban J connectivity index is 0.000000228. The van der Waals surface area contributed by atoms with E-state index in [0.717, 1.165) is 0 Å². The summed E-state index contributed by atoms with van der Waals surface area (Å²) in [4.78, 5) is 0. The maximum atomic E-state index is 2.48. The van der Waals surface area contributed by atoms with E-state index in [1.54, 1.807) is 34.5 Å². The average molecular weight is 907 g/mol. The second-order valence-electron chi connectivity index (χ2n) is 18.3. The van der Waals surface area contributed by atoms with E-state index in [2.05, 4.69) is 152 Å². The molecule has 0 N–H and O–H groups in total. The topological polar surface area (TPSA) is 0 Å². The Morgan fingerprint density at radius 1 is 0.517 bits per heavy atom. The summed E-state index contributed by atoms with van der Waals surface area (Å²) in [6.07, 6.45) is 19.3. The summed E-state index contributed by atoms with van der Waals surface area (Å²) < 4.78 is 0. The molecule has 58 heavy (non-hydrogen) atoms. The van der Waals surface area contributed by atoms with E-state index in [9.17, 15) is 0 Å². The molecule has 308 valence electrons. The van der Waals surface area contributed by atoms with E-state index in [-0.39, 0.29) is 30.2 Å². The third-order valence-electron chi connectivity index (χ3n) is 13.2. The fourth-order valence-corrected chi connectivity index (χ4v) is 10.3. The van der Waals surface area contributed by atoms with Crippen LogP contribution in [0.2, 0.25) is 13.1 Å². The molecule has 0 aromatic heterocycles. The second-order valence-corrected chi connectivity index (χ2v) is 27.7. The third kappa shape index (κ3) is 12.4. The summed E-state index contributed by atoms with van der Waals surface area (Å²) >= 11 is 1.74. The molecule has 0 nitrogen and oxygen atoms in total. The minimum absolute atomic E-state index is 0. The maximum absolute atomic E-state index is 2.48. The molecule has 0 spiro atoms. The minimum atomic E-state index is 0. The van der Waals surface area contributed by atoms with E-state index in [0.29, 0.717) is 10.8 Å². The first-order valence-corrected chi connectivity index (χ1v) is 28.1. The van der Waals surface area contributed by atoms with Crippen molar-refractivity contribution in [3.63, 3.8) is 0 Å². The van der Waals surface area contributed by atoms with Crippen LogP contribution in [0, 0.1) is 38.5 Å². The Labute approximate surface area is 380 Å². The van der Waals surface area contributed by atoms with Crippen LogP contribution in [0.25, 0.3) is 43.8 Å². The van der Waals surface area contributed by atoms with Crippen molar-refractivity contribution in [3.05, 3.63) is 130 Å². The number of benzene rings is 4. The number of aryl methyl sites for hydroxylation is 4. The molecule has 2 fully saturated rings. The molecule has 2 aliphatic carbocycles. The molecule has 0 unspecified atom stereocenters. The SMILES string of the molecule is CCC1(Cc2cc3c(-c4cc(C)cc(C)c4)cccc3[cH-]2)CCCCC1.CCC1(Cc2cc3c(-c4cc(C)cc(C)c4)cccc3[cH-]2)CCCCC1.C[Si](C)=[Zr+2].[Cl-].[Cl-]. The van der Waals surface area contributed by atoms with Crippen LogP contribution in [0.15, 0.2) is 97.1 Å². The van der Waals surface area contributed by atoms with E-state index in [4.69, 9.17) is 0 Å². The smallest absolute Gasteiger partial charge is 1.00 e. The van der Waals surface area contributed by atoms with Crippen molar-refractivity contribution in [1.82, 2.24) is 0 Å². The van der Waals surface area contributed by atoms with Gasteiger partial charge in [-0.1, -0.05) is 147 Å². The van der Waals surface area contributed by atoms with Crippen molar-refractivity contribution in [3.8, 4) is 22.3 Å². The van der Waals surface area contributed by atoms with E-state index in [1.807, 2.05) is 0 Å². The molecule has 0 heterocycles. The Hall–Kier alpha value is -2.22. The number of fused-ring (bicyclic) bond motifs is 2. The number of halogens is 2. The zero-order chi connectivity index (χ0) is 39.9. The van der Waals surface area contributed by atoms with Crippen LogP contribution in [0.3, 0.4) is 0 Å². The molecule has 6 aromatic rings. The Bertz CT molecular complexity index is 2040. The molecule has 0 aliphatic heterocycles. The summed E-state index contributed by atoms with van der Waals surface area (Å²) in [6.45, 7) is 18.2. The Morgan fingerprint density at radius 2 is 0.845 bits per heavy atom. The van der Waals surface area contributed by atoms with Gasteiger partial charge in [-0.3, -0.25) is 0 Å². The summed E-state index contributed by atoms with van der Waals surface area (Å²) in [7, 11) is 0. The van der Waals surface area contributed by atoms with Gasteiger partial charge in [0.15, 0.2) is 0 Å². The summed E-state index contributed by atoms with van der Waals surface area (Å²) in [5, 5.41) is 5.65. The molecule has 0 atom stereocenters. The van der Waals surface area contributed by atoms with E-state index in [1.165, 1.54) is 156 Å². The standard InChI is InChI=1S/2C26H31.C2H6Si.2ClH.Zr/c2*1-4-26(11-6-5-7-12-26)18-21-16-22-9-8-10-24(25(22)17-21)23-14-19(2)13-20(3)15-23;1-3-2;;;/h2*8-10,13-17H,4-7,11-12,18H2,1-3H3;1-2H3;2*1H;/q2*-1;;;;+2/p-2. The van der Waals surface area contributed by atoms with Crippen LogP contribution in [0.1, 0.15) is 124 Å². The van der Waals surface area contributed by atoms with Crippen molar-refractivity contribution < 1.29 is 48.1 Å². The monoisotopic (exact) mass is 904 g/mol. The number of hydrogen-bond acceptors (Lipinski definition) is 0. The van der Waals surface area contributed by atoms with Gasteiger partial charge < -0.3 is 24.8 Å². The molecule has 2 aliphatic rings. The van der Waals surface area contributed by atoms with Crippen molar-refractivity contribution in [2.24, 2.45) is 10.8 Å². The van der Waals surface area contributed by atoms with Crippen LogP contribution < -0.4 is 24.8 Å². The fourth-order valence-electron chi connectivity index (χ4n) is 10.3. The van der Waals surface area contributed by atoms with Gasteiger partial charge in [0.25, 0.3) is 0 Å². The van der Waals surface area contributed by atoms with Crippen molar-refractivity contribution in [2.45, 2.75) is 145 Å². The molecule has 0 saturated heterocycles. The number of hydrogen-bond donors (Lipinski definition) is 0. The van der Waals surface area contributed by atoms with Gasteiger partial charge in [0.1, 0.15) is 0 Å². The van der Waals surface area contributed by atoms with Crippen LogP contribution in [0.5, 0.6) is 0 Å². The molecule has 0 amide bonds. The fraction of sp³-hybridized carbons (Fsp3) is 0.444. The van der Waals surface area contributed by atoms with Gasteiger partial charge in [0.05, 0.1) is 0 Å². The van der Waals surface area contributed by atoms with Crippen molar-refractivity contribution >= 4 is 27.0 Å². The summed E-state index contributed by atoms with van der Waals surface area (Å²) in [6, 6.07) is 37.2. The molecule has 8 rings (SSSR count). The zero-order valence-corrected chi connectivity index (χ0v) is 41.9. The van der Waals surface area contributed by atoms with Gasteiger partial charge in [-0.25, -0.2) is 0 Å². The summed E-state index contributed by atoms with van der Waals surface area (Å²) in [5.74, 6) is 0. The second kappa shape index (κ2) is 22.0. The zero-order valence-electron chi connectivity index (χ0n) is 36.9. The quantitative estimate of drug-likeness (QED) is 0.105. The van der Waals surface area contributed by atoms with Gasteiger partial charge in [-0.05, 0) is 88.2 Å². The summed E-state index contributed by atoms with van der Waals surface area (Å²) in [5.41, 5.74) is 15.2. The molecule has 0 radical (unpaired) electrons. The van der Waals surface area contributed by atoms with Crippen LogP contribution >= 0.6 is 0 Å². The first kappa shape index (κ1) is 48.4. The largest absolute Gasteiger partial charge is 1.00 e. The Morgan fingerprint density at radius 3 is 1.16 bits per heavy atom. The Kier molecular flexibility index (Phi) is 18.4. The molecule has 2 saturated carbocycles. The molecular formula is C54H68Cl2SiZr-2. The van der Waals surface area contributed by atoms with Gasteiger partial charge in [-0.2, -0.15) is 12.1 Å². The van der Waals surface area contributed by atoms with E-state index < -0.39 is 0 Å². The third-order valence-corrected chi connectivity index (χ3v) is 13.2. The van der Waals surface area contributed by atoms with Crippen molar-refractivity contribution in [1.29, 1.82) is 0 Å². The molecule has 4 heteroatoms. The normalized spacial score (nSPS) is 15.6. The predicted octanol–water partition coefficient (Wildman–Crippen LogP) is 10.3. The van der Waals surface area contributed by atoms with E-state index >= 15 is 0 Å². The van der Waals surface area contributed by atoms with Gasteiger partial charge in [0, 0.05) is 0 Å². The maximum Gasteiger partial charge on any atom is -1.00 e. The average Bonchev–Trinajstić information content (AvgIpc) is 3.77. The van der Waals surface area contributed by atoms with Gasteiger partial charge >= 0.3 is 41.9 Å². The van der Waals surface area contributed by atoms with Crippen LogP contribution in [-0.4, -0.2) is 5.43 Å². The van der Waals surface area contributed by atoms with Crippen molar-refractivity contribution in [2.75, 3.05) is 0 Å². The molecule has 0 bridgehead atoms. The van der Waals surface area contributed by atoms with Gasteiger partial charge in [0.2, 0.25) is 0 Å². The predicted molar refractivity (Wildman–Crippen MR) is 245 cm³/mol. The molecular weight excluding hydrogens is 839 g/mol. The molecule has 6 aromatic carbocycles. The first-order valence-electron chi connectivity index (χ1n) is 22.0. The number of rotatable bonds is 8.